The van der Waals surface area contributed by atoms with Gasteiger partial charge in [-0.15, -0.1) is 0 Å². The second kappa shape index (κ2) is 4.91. The zero-order valence-corrected chi connectivity index (χ0v) is 11.7. The molecule has 1 fully saturated rings. The summed E-state index contributed by atoms with van der Waals surface area (Å²) in [5.74, 6) is 0.189. The number of hydrogen-bond donors (Lipinski definition) is 1. The molecule has 1 aliphatic heterocycles. The number of hydrogen-bond acceptors (Lipinski definition) is 3. The Morgan fingerprint density at radius 2 is 2.18 bits per heavy atom. The molecular formula is C16H13FN4O. The fourth-order valence-corrected chi connectivity index (χ4v) is 2.84. The summed E-state index contributed by atoms with van der Waals surface area (Å²) in [5.41, 5.74) is 0.868. The number of imidazole rings is 1. The van der Waals surface area contributed by atoms with Crippen LogP contribution in [0.1, 0.15) is 12.5 Å². The quantitative estimate of drug-likeness (QED) is 0.789. The SMILES string of the molecule is O=C1NCCC1n1ccnc1-c1ccc2cccc(F)c2n1. The Morgan fingerprint density at radius 1 is 1.27 bits per heavy atom. The summed E-state index contributed by atoms with van der Waals surface area (Å²) in [4.78, 5) is 20.6. The zero-order chi connectivity index (χ0) is 15.1. The van der Waals surface area contributed by atoms with Crippen molar-refractivity contribution in [2.24, 2.45) is 0 Å². The lowest BCUT2D eigenvalue weighted by Crippen LogP contribution is -2.22. The molecule has 0 spiro atoms. The van der Waals surface area contributed by atoms with Gasteiger partial charge in [0.15, 0.2) is 5.82 Å². The molecule has 3 aromatic rings. The monoisotopic (exact) mass is 296 g/mol. The fourth-order valence-electron chi connectivity index (χ4n) is 2.84. The second-order valence-electron chi connectivity index (χ2n) is 5.26. The van der Waals surface area contributed by atoms with Crippen LogP contribution in [0.2, 0.25) is 0 Å². The molecule has 6 heteroatoms. The third-order valence-electron chi connectivity index (χ3n) is 3.92. The number of fused-ring (bicyclic) bond motifs is 1. The van der Waals surface area contributed by atoms with E-state index in [0.29, 0.717) is 30.0 Å². The van der Waals surface area contributed by atoms with Gasteiger partial charge in [-0.05, 0) is 18.6 Å². The number of nitrogens with zero attached hydrogens (tertiary/aromatic N) is 3. The molecule has 2 aromatic heterocycles. The first kappa shape index (κ1) is 12.9. The third kappa shape index (κ3) is 1.95. The van der Waals surface area contributed by atoms with Gasteiger partial charge in [0.1, 0.15) is 23.1 Å². The number of rotatable bonds is 2. The van der Waals surface area contributed by atoms with E-state index < -0.39 is 0 Å². The standard InChI is InChI=1S/C16H13FN4O/c17-11-3-1-2-10-4-5-12(20-14(10)11)15-18-8-9-21(15)13-6-7-19-16(13)22/h1-5,8-9,13H,6-7H2,(H,19,22). The van der Waals surface area contributed by atoms with Crippen molar-refractivity contribution in [3.63, 3.8) is 0 Å². The topological polar surface area (TPSA) is 59.8 Å². The fraction of sp³-hybridized carbons (Fsp3) is 0.188. The number of nitrogens with one attached hydrogen (secondary N) is 1. The summed E-state index contributed by atoms with van der Waals surface area (Å²) in [5, 5.41) is 3.54. The molecule has 1 saturated heterocycles. The second-order valence-corrected chi connectivity index (χ2v) is 5.26. The smallest absolute Gasteiger partial charge is 0.243 e. The van der Waals surface area contributed by atoms with Crippen molar-refractivity contribution in [3.05, 3.63) is 48.5 Å². The summed E-state index contributed by atoms with van der Waals surface area (Å²) in [7, 11) is 0. The molecule has 0 bridgehead atoms. The van der Waals surface area contributed by atoms with E-state index in [-0.39, 0.29) is 17.8 Å². The van der Waals surface area contributed by atoms with Crippen LogP contribution >= 0.6 is 0 Å². The van der Waals surface area contributed by atoms with E-state index in [0.717, 1.165) is 5.39 Å². The van der Waals surface area contributed by atoms with Gasteiger partial charge < -0.3 is 9.88 Å². The number of aromatic nitrogens is 3. The van der Waals surface area contributed by atoms with Crippen LogP contribution < -0.4 is 5.32 Å². The number of para-hydroxylation sites is 1. The molecule has 110 valence electrons. The predicted octanol–water partition coefficient (Wildman–Crippen LogP) is 2.30. The Labute approximate surface area is 125 Å². The maximum absolute atomic E-state index is 13.9. The Hall–Kier alpha value is -2.76. The van der Waals surface area contributed by atoms with E-state index in [1.807, 2.05) is 12.1 Å². The Morgan fingerprint density at radius 3 is 3.00 bits per heavy atom. The summed E-state index contributed by atoms with van der Waals surface area (Å²) >= 11 is 0. The number of carbonyl (C=O) groups is 1. The average molecular weight is 296 g/mol. The summed E-state index contributed by atoms with van der Waals surface area (Å²) in [6.07, 6.45) is 4.11. The summed E-state index contributed by atoms with van der Waals surface area (Å²) in [6.45, 7) is 0.654. The molecule has 5 nitrogen and oxygen atoms in total. The van der Waals surface area contributed by atoms with Gasteiger partial charge in [-0.2, -0.15) is 0 Å². The number of halogens is 1. The van der Waals surface area contributed by atoms with Crippen LogP contribution in [-0.4, -0.2) is 27.0 Å². The van der Waals surface area contributed by atoms with Crippen molar-refractivity contribution in [3.8, 4) is 11.5 Å². The largest absolute Gasteiger partial charge is 0.354 e. The number of carbonyl (C=O) groups excluding carboxylic acids is 1. The van der Waals surface area contributed by atoms with Crippen molar-refractivity contribution in [2.75, 3.05) is 6.54 Å². The minimum atomic E-state index is -0.365. The normalized spacial score (nSPS) is 17.9. The van der Waals surface area contributed by atoms with E-state index in [1.165, 1.54) is 6.07 Å². The van der Waals surface area contributed by atoms with Gasteiger partial charge in [0.2, 0.25) is 5.91 Å². The lowest BCUT2D eigenvalue weighted by Gasteiger charge is -2.12. The van der Waals surface area contributed by atoms with Gasteiger partial charge in [-0.25, -0.2) is 14.4 Å². The first-order valence-electron chi connectivity index (χ1n) is 7.10. The molecule has 22 heavy (non-hydrogen) atoms. The summed E-state index contributed by atoms with van der Waals surface area (Å²) in [6, 6.07) is 8.18. The van der Waals surface area contributed by atoms with E-state index in [2.05, 4.69) is 15.3 Å². The van der Waals surface area contributed by atoms with Crippen molar-refractivity contribution in [1.82, 2.24) is 19.9 Å². The number of pyridine rings is 1. The van der Waals surface area contributed by atoms with E-state index >= 15 is 0 Å². The molecule has 3 heterocycles. The van der Waals surface area contributed by atoms with Crippen molar-refractivity contribution >= 4 is 16.8 Å². The molecule has 1 unspecified atom stereocenters. The maximum atomic E-state index is 13.9. The molecule has 0 radical (unpaired) electrons. The minimum absolute atomic E-state index is 0.0220. The lowest BCUT2D eigenvalue weighted by molar-refractivity contribution is -0.121. The highest BCUT2D eigenvalue weighted by Gasteiger charge is 2.28. The highest BCUT2D eigenvalue weighted by molar-refractivity contribution is 5.84. The maximum Gasteiger partial charge on any atom is 0.243 e. The molecule has 0 saturated carbocycles. The molecular weight excluding hydrogens is 283 g/mol. The highest BCUT2D eigenvalue weighted by atomic mass is 19.1. The molecule has 1 aromatic carbocycles. The Bertz CT molecular complexity index is 873. The predicted molar refractivity (Wildman–Crippen MR) is 79.6 cm³/mol. The zero-order valence-electron chi connectivity index (χ0n) is 11.7. The number of amides is 1. The van der Waals surface area contributed by atoms with Gasteiger partial charge in [0, 0.05) is 24.3 Å². The van der Waals surface area contributed by atoms with E-state index in [1.54, 1.807) is 29.1 Å². The molecule has 1 amide bonds. The molecule has 1 atom stereocenters. The van der Waals surface area contributed by atoms with Crippen molar-refractivity contribution in [1.29, 1.82) is 0 Å². The van der Waals surface area contributed by atoms with Crippen LogP contribution in [0.15, 0.2) is 42.7 Å². The van der Waals surface area contributed by atoms with Gasteiger partial charge in [0.25, 0.3) is 0 Å². The van der Waals surface area contributed by atoms with Gasteiger partial charge >= 0.3 is 0 Å². The van der Waals surface area contributed by atoms with Gasteiger partial charge in [-0.1, -0.05) is 18.2 Å². The number of benzene rings is 1. The molecule has 1 aliphatic rings. The van der Waals surface area contributed by atoms with E-state index in [4.69, 9.17) is 0 Å². The average Bonchev–Trinajstić information content (AvgIpc) is 3.15. The first-order valence-corrected chi connectivity index (χ1v) is 7.10. The minimum Gasteiger partial charge on any atom is -0.354 e. The molecule has 4 rings (SSSR count). The molecule has 0 aliphatic carbocycles. The van der Waals surface area contributed by atoms with Gasteiger partial charge in [0.05, 0.1) is 0 Å². The van der Waals surface area contributed by atoms with Crippen LogP contribution in [0.4, 0.5) is 4.39 Å². The van der Waals surface area contributed by atoms with Crippen LogP contribution in [0.3, 0.4) is 0 Å². The van der Waals surface area contributed by atoms with Crippen LogP contribution in [0.5, 0.6) is 0 Å². The highest BCUT2D eigenvalue weighted by Crippen LogP contribution is 2.26. The van der Waals surface area contributed by atoms with Crippen LogP contribution in [0.25, 0.3) is 22.4 Å². The van der Waals surface area contributed by atoms with Crippen molar-refractivity contribution < 1.29 is 9.18 Å². The lowest BCUT2D eigenvalue weighted by atomic mass is 10.2. The third-order valence-corrected chi connectivity index (χ3v) is 3.92. The first-order chi connectivity index (χ1) is 10.7. The van der Waals surface area contributed by atoms with Crippen LogP contribution in [0, 0.1) is 5.82 Å². The summed E-state index contributed by atoms with van der Waals surface area (Å²) < 4.78 is 15.7. The van der Waals surface area contributed by atoms with Crippen molar-refractivity contribution in [2.45, 2.75) is 12.5 Å². The van der Waals surface area contributed by atoms with Gasteiger partial charge in [-0.3, -0.25) is 4.79 Å². The molecule has 1 N–H and O–H groups in total. The Balaban J connectivity index is 1.84. The van der Waals surface area contributed by atoms with E-state index in [9.17, 15) is 9.18 Å². The Kier molecular flexibility index (Phi) is 2.89. The van der Waals surface area contributed by atoms with Crippen LogP contribution in [-0.2, 0) is 4.79 Å².